The molecule has 0 N–H and O–H groups in total. The van der Waals surface area contributed by atoms with E-state index in [1.54, 1.807) is 0 Å². The minimum atomic E-state index is 1.25. The standard InChI is InChI=1S/C19H20/c1-15-7-4-5-8-16(2)13-19-14-17(3)11-12-18(19)10-6-9-15/h4-14H,1-3H3/b5-4?,7-4-,8-5-,9-6?,10-6-,15-7?,15-9-,16-8?,16-13-,18-10?,19-13?. The van der Waals surface area contributed by atoms with Crippen LogP contribution in [0.3, 0.4) is 0 Å². The zero-order valence-corrected chi connectivity index (χ0v) is 11.9. The second kappa shape index (κ2) is 6.19. The molecule has 0 heteroatoms. The normalized spacial score (nSPS) is 25.6. The van der Waals surface area contributed by atoms with Crippen LogP contribution >= 0.6 is 0 Å². The van der Waals surface area contributed by atoms with Gasteiger partial charge in [0.05, 0.1) is 0 Å². The highest BCUT2D eigenvalue weighted by atomic mass is 14.0. The monoisotopic (exact) mass is 248 g/mol. The first kappa shape index (κ1) is 13.4. The van der Waals surface area contributed by atoms with Crippen molar-refractivity contribution in [3.05, 3.63) is 82.5 Å². The molecule has 96 valence electrons. The van der Waals surface area contributed by atoms with Crippen molar-refractivity contribution in [3.8, 4) is 0 Å². The predicted molar refractivity (Wildman–Crippen MR) is 85.9 cm³/mol. The van der Waals surface area contributed by atoms with Gasteiger partial charge in [0.1, 0.15) is 0 Å². The lowest BCUT2D eigenvalue weighted by Crippen LogP contribution is -1.84. The van der Waals surface area contributed by atoms with Crippen LogP contribution in [0.2, 0.25) is 0 Å². The molecule has 0 bridgehead atoms. The first-order valence-corrected chi connectivity index (χ1v) is 6.64. The lowest BCUT2D eigenvalue weighted by Gasteiger charge is -2.04. The Hall–Kier alpha value is -2.08. The second-order valence-electron chi connectivity index (χ2n) is 5.01. The van der Waals surface area contributed by atoms with Gasteiger partial charge in [0.25, 0.3) is 0 Å². The van der Waals surface area contributed by atoms with E-state index in [4.69, 9.17) is 0 Å². The van der Waals surface area contributed by atoms with E-state index >= 15 is 0 Å². The lowest BCUT2D eigenvalue weighted by atomic mass is 10.0. The maximum absolute atomic E-state index is 2.23. The summed E-state index contributed by atoms with van der Waals surface area (Å²) in [5.41, 5.74) is 6.32. The van der Waals surface area contributed by atoms with Gasteiger partial charge in [-0.25, -0.2) is 0 Å². The first-order valence-electron chi connectivity index (χ1n) is 6.64. The zero-order chi connectivity index (χ0) is 13.7. The Morgan fingerprint density at radius 2 is 1.42 bits per heavy atom. The first-order chi connectivity index (χ1) is 9.15. The summed E-state index contributed by atoms with van der Waals surface area (Å²) in [7, 11) is 0. The van der Waals surface area contributed by atoms with Crippen LogP contribution in [-0.4, -0.2) is 0 Å². The van der Waals surface area contributed by atoms with E-state index in [0.717, 1.165) is 0 Å². The van der Waals surface area contributed by atoms with E-state index < -0.39 is 0 Å². The van der Waals surface area contributed by atoms with E-state index in [-0.39, 0.29) is 0 Å². The molecule has 19 heavy (non-hydrogen) atoms. The molecule has 0 heterocycles. The fraction of sp³-hybridized carbons (Fsp3) is 0.158. The molecule has 1 aliphatic rings. The number of rotatable bonds is 0. The van der Waals surface area contributed by atoms with E-state index in [1.807, 2.05) is 0 Å². The zero-order valence-electron chi connectivity index (χ0n) is 11.9. The molecule has 1 aliphatic carbocycles. The van der Waals surface area contributed by atoms with Gasteiger partial charge in [-0.1, -0.05) is 83.5 Å². The molecule has 0 aliphatic heterocycles. The summed E-state index contributed by atoms with van der Waals surface area (Å²) in [6.45, 7) is 6.37. The minimum absolute atomic E-state index is 1.25. The van der Waals surface area contributed by atoms with Crippen LogP contribution < -0.4 is 0 Å². The van der Waals surface area contributed by atoms with Crippen molar-refractivity contribution in [1.82, 2.24) is 0 Å². The Balaban J connectivity index is 2.53. The highest BCUT2D eigenvalue weighted by Gasteiger charge is 1.97. The van der Waals surface area contributed by atoms with Crippen molar-refractivity contribution in [2.24, 2.45) is 0 Å². The van der Waals surface area contributed by atoms with Crippen LogP contribution in [0.15, 0.2) is 65.8 Å². The van der Waals surface area contributed by atoms with Gasteiger partial charge in [-0.3, -0.25) is 0 Å². The van der Waals surface area contributed by atoms with Crippen LogP contribution in [0.1, 0.15) is 30.5 Å². The van der Waals surface area contributed by atoms with Crippen LogP contribution in [-0.2, 0) is 0 Å². The van der Waals surface area contributed by atoms with E-state index in [0.29, 0.717) is 0 Å². The Morgan fingerprint density at radius 1 is 0.684 bits per heavy atom. The number of fused-ring (bicyclic) bond motifs is 1. The van der Waals surface area contributed by atoms with Gasteiger partial charge in [-0.15, -0.1) is 0 Å². The molecule has 1 aromatic rings. The Bertz CT molecular complexity index is 605. The third kappa shape index (κ3) is 3.96. The molecule has 0 saturated heterocycles. The van der Waals surface area contributed by atoms with Crippen LogP contribution in [0.5, 0.6) is 0 Å². The maximum atomic E-state index is 2.23. The van der Waals surface area contributed by atoms with Gasteiger partial charge in [0.2, 0.25) is 0 Å². The lowest BCUT2D eigenvalue weighted by molar-refractivity contribution is 1.43. The molecular weight excluding hydrogens is 228 g/mol. The van der Waals surface area contributed by atoms with E-state index in [9.17, 15) is 0 Å². The van der Waals surface area contributed by atoms with Gasteiger partial charge < -0.3 is 0 Å². The van der Waals surface area contributed by atoms with Gasteiger partial charge in [-0.05, 0) is 31.9 Å². The average Bonchev–Trinajstić information content (AvgIpc) is 2.36. The minimum Gasteiger partial charge on any atom is -0.0620 e. The summed E-state index contributed by atoms with van der Waals surface area (Å²) >= 11 is 0. The summed E-state index contributed by atoms with van der Waals surface area (Å²) in [4.78, 5) is 0. The highest BCUT2D eigenvalue weighted by molar-refractivity contribution is 5.69. The van der Waals surface area contributed by atoms with Crippen LogP contribution in [0.25, 0.3) is 12.2 Å². The Morgan fingerprint density at radius 3 is 2.21 bits per heavy atom. The molecule has 0 radical (unpaired) electrons. The average molecular weight is 248 g/mol. The largest absolute Gasteiger partial charge is 0.0620 e. The van der Waals surface area contributed by atoms with Crippen molar-refractivity contribution in [3.63, 3.8) is 0 Å². The molecule has 0 nitrogen and oxygen atoms in total. The second-order valence-corrected chi connectivity index (χ2v) is 5.01. The Labute approximate surface area is 116 Å². The smallest absolute Gasteiger partial charge is 0.0179 e. The molecule has 0 amide bonds. The number of aryl methyl sites for hydroxylation is 1. The van der Waals surface area contributed by atoms with E-state index in [1.165, 1.54) is 27.8 Å². The third-order valence-corrected chi connectivity index (χ3v) is 3.09. The molecule has 0 unspecified atom stereocenters. The fourth-order valence-corrected chi connectivity index (χ4v) is 2.04. The van der Waals surface area contributed by atoms with Gasteiger partial charge in [0.15, 0.2) is 0 Å². The quantitative estimate of drug-likeness (QED) is 0.570. The summed E-state index contributed by atoms with van der Waals surface area (Å²) in [5, 5.41) is 0. The number of hydrogen-bond acceptors (Lipinski definition) is 0. The maximum Gasteiger partial charge on any atom is -0.0179 e. The van der Waals surface area contributed by atoms with Crippen molar-refractivity contribution < 1.29 is 0 Å². The molecule has 0 aromatic heterocycles. The SMILES string of the molecule is CC1=C/C=C\c2ccc(C)cc2/C=C(C)\C=C/C=C\1. The summed E-state index contributed by atoms with van der Waals surface area (Å²) < 4.78 is 0. The molecular formula is C19H20. The predicted octanol–water partition coefficient (Wildman–Crippen LogP) is 5.48. The van der Waals surface area contributed by atoms with E-state index in [2.05, 4.69) is 87.6 Å². The summed E-state index contributed by atoms with van der Waals surface area (Å²) in [6.07, 6.45) is 17.1. The van der Waals surface area contributed by atoms with Crippen molar-refractivity contribution in [2.45, 2.75) is 20.8 Å². The van der Waals surface area contributed by atoms with Gasteiger partial charge in [0, 0.05) is 0 Å². The van der Waals surface area contributed by atoms with Crippen LogP contribution in [0.4, 0.5) is 0 Å². The fourth-order valence-electron chi connectivity index (χ4n) is 2.04. The number of benzene rings is 1. The van der Waals surface area contributed by atoms with Crippen molar-refractivity contribution >= 4 is 12.2 Å². The number of allylic oxidation sites excluding steroid dienone is 8. The molecule has 0 spiro atoms. The topological polar surface area (TPSA) is 0 Å². The number of hydrogen-bond donors (Lipinski definition) is 0. The molecule has 1 aromatic carbocycles. The molecule has 0 atom stereocenters. The third-order valence-electron chi connectivity index (χ3n) is 3.09. The molecule has 0 saturated carbocycles. The van der Waals surface area contributed by atoms with Crippen LogP contribution in [0, 0.1) is 6.92 Å². The molecule has 0 fully saturated rings. The summed E-state index contributed by atoms with van der Waals surface area (Å²) in [5.74, 6) is 0. The Kier molecular flexibility index (Phi) is 4.35. The van der Waals surface area contributed by atoms with Crippen molar-refractivity contribution in [1.29, 1.82) is 0 Å². The summed E-state index contributed by atoms with van der Waals surface area (Å²) in [6, 6.07) is 6.57. The van der Waals surface area contributed by atoms with Crippen molar-refractivity contribution in [2.75, 3.05) is 0 Å². The van der Waals surface area contributed by atoms with Gasteiger partial charge in [-0.2, -0.15) is 0 Å². The highest BCUT2D eigenvalue weighted by Crippen LogP contribution is 2.18. The van der Waals surface area contributed by atoms with Gasteiger partial charge >= 0.3 is 0 Å². The molecule has 2 rings (SSSR count).